The molecule has 2 aliphatic carbocycles. The fraction of sp³-hybridized carbons (Fsp3) is 0.607. The quantitative estimate of drug-likeness (QED) is 0.323. The Hall–Kier alpha value is -2.83. The summed E-state index contributed by atoms with van der Waals surface area (Å²) >= 11 is 0. The molecule has 1 fully saturated rings. The molecule has 1 aromatic rings. The number of carbonyl (C=O) groups excluding carboxylic acids is 3. The average Bonchev–Trinajstić information content (AvgIpc) is 3.17. The molecule has 35 heavy (non-hydrogen) atoms. The molecule has 7 nitrogen and oxygen atoms in total. The molecule has 4 rings (SSSR count). The summed E-state index contributed by atoms with van der Waals surface area (Å²) in [4.78, 5) is 36.3. The Morgan fingerprint density at radius 2 is 1.83 bits per heavy atom. The van der Waals surface area contributed by atoms with Crippen molar-refractivity contribution in [3.05, 3.63) is 41.5 Å². The van der Waals surface area contributed by atoms with Crippen LogP contribution in [0.15, 0.2) is 30.4 Å². The van der Waals surface area contributed by atoms with Crippen LogP contribution in [0.1, 0.15) is 63.0 Å². The van der Waals surface area contributed by atoms with Crippen LogP contribution in [0, 0.1) is 17.8 Å². The topological polar surface area (TPSA) is 88.1 Å². The minimum atomic E-state index is -0.486. The van der Waals surface area contributed by atoms with Crippen molar-refractivity contribution >= 4 is 17.9 Å². The second-order valence-electron chi connectivity index (χ2n) is 9.93. The van der Waals surface area contributed by atoms with Crippen LogP contribution in [0.5, 0.6) is 5.75 Å². The van der Waals surface area contributed by atoms with Gasteiger partial charge in [-0.15, -0.1) is 0 Å². The van der Waals surface area contributed by atoms with Crippen molar-refractivity contribution in [2.75, 3.05) is 13.7 Å². The highest BCUT2D eigenvalue weighted by Gasteiger charge is 2.47. The van der Waals surface area contributed by atoms with Crippen LogP contribution in [-0.2, 0) is 41.4 Å². The zero-order chi connectivity index (χ0) is 24.8. The number of fused-ring (bicyclic) bond motifs is 4. The van der Waals surface area contributed by atoms with Crippen LogP contribution in [-0.4, -0.2) is 43.8 Å². The van der Waals surface area contributed by atoms with Crippen LogP contribution in [0.25, 0.3) is 0 Å². The van der Waals surface area contributed by atoms with E-state index in [1.54, 1.807) is 0 Å². The van der Waals surface area contributed by atoms with E-state index in [0.717, 1.165) is 69.1 Å². The van der Waals surface area contributed by atoms with E-state index in [1.807, 2.05) is 12.1 Å². The molecular formula is C28H36O7. The normalized spacial score (nSPS) is 28.0. The van der Waals surface area contributed by atoms with Crippen molar-refractivity contribution in [2.24, 2.45) is 17.8 Å². The number of hydrogen-bond acceptors (Lipinski definition) is 7. The minimum absolute atomic E-state index is 0.117. The molecule has 7 heteroatoms. The van der Waals surface area contributed by atoms with Gasteiger partial charge in [0, 0.05) is 12.2 Å². The molecular weight excluding hydrogens is 448 g/mol. The summed E-state index contributed by atoms with van der Waals surface area (Å²) < 4.78 is 22.1. The summed E-state index contributed by atoms with van der Waals surface area (Å²) in [6, 6.07) is 5.99. The summed E-state index contributed by atoms with van der Waals surface area (Å²) in [6.07, 6.45) is 10.3. The molecule has 1 aromatic carbocycles. The van der Waals surface area contributed by atoms with Gasteiger partial charge in [-0.1, -0.05) is 31.9 Å². The van der Waals surface area contributed by atoms with E-state index in [1.165, 1.54) is 24.8 Å². The molecule has 0 radical (unpaired) electrons. The fourth-order valence-electron chi connectivity index (χ4n) is 6.03. The summed E-state index contributed by atoms with van der Waals surface area (Å²) in [5.41, 5.74) is 2.36. The first-order valence-corrected chi connectivity index (χ1v) is 12.9. The molecule has 0 bridgehead atoms. The first-order chi connectivity index (χ1) is 17.0. The average molecular weight is 485 g/mol. The van der Waals surface area contributed by atoms with E-state index in [0.29, 0.717) is 11.8 Å². The van der Waals surface area contributed by atoms with E-state index < -0.39 is 17.9 Å². The Balaban J connectivity index is 1.52. The van der Waals surface area contributed by atoms with E-state index in [2.05, 4.69) is 13.0 Å². The fourth-order valence-corrected chi connectivity index (χ4v) is 6.03. The molecule has 0 saturated heterocycles. The van der Waals surface area contributed by atoms with Gasteiger partial charge in [-0.2, -0.15) is 0 Å². The molecule has 5 atom stereocenters. The van der Waals surface area contributed by atoms with Gasteiger partial charge in [0.1, 0.15) is 18.0 Å². The van der Waals surface area contributed by atoms with Gasteiger partial charge in [-0.3, -0.25) is 0 Å². The van der Waals surface area contributed by atoms with Crippen molar-refractivity contribution in [3.8, 4) is 5.75 Å². The number of carbonyl (C=O) groups is 3. The molecule has 0 N–H and O–H groups in total. The third kappa shape index (κ3) is 6.24. The van der Waals surface area contributed by atoms with Gasteiger partial charge in [0.2, 0.25) is 0 Å². The standard InChI is InChI=1S/C28H36O7/c1-3-4-5-8-20-10-11-21-22-14-18-7-6-9-24(33-17-28(31)32-2)23(18)15-19(22)16-25(21)35-27(30)13-12-26(29)34-20/h6-7,9,12-13,19-22,25H,3-5,8,10-11,14-17H2,1-2H3/t19-,20-,21+,22-,25+/m0/s1. The molecule has 1 aliphatic heterocycles. The summed E-state index contributed by atoms with van der Waals surface area (Å²) in [6.45, 7) is 2.04. The van der Waals surface area contributed by atoms with Crippen molar-refractivity contribution in [3.63, 3.8) is 0 Å². The number of unbranched alkanes of at least 4 members (excludes halogenated alkanes) is 2. The zero-order valence-electron chi connectivity index (χ0n) is 20.7. The summed E-state index contributed by atoms with van der Waals surface area (Å²) in [7, 11) is 1.35. The molecule has 0 unspecified atom stereocenters. The van der Waals surface area contributed by atoms with Gasteiger partial charge in [-0.05, 0) is 79.9 Å². The molecule has 3 aliphatic rings. The van der Waals surface area contributed by atoms with E-state index in [4.69, 9.17) is 18.9 Å². The molecule has 0 spiro atoms. The summed E-state index contributed by atoms with van der Waals surface area (Å²) in [5.74, 6) is 0.320. The number of cyclic esters (lactones) is 1. The maximum Gasteiger partial charge on any atom is 0.343 e. The smallest absolute Gasteiger partial charge is 0.343 e. The maximum atomic E-state index is 12.5. The summed E-state index contributed by atoms with van der Waals surface area (Å²) in [5, 5.41) is 0. The van der Waals surface area contributed by atoms with Crippen molar-refractivity contribution in [1.29, 1.82) is 0 Å². The van der Waals surface area contributed by atoms with E-state index in [-0.39, 0.29) is 24.7 Å². The third-order valence-corrected chi connectivity index (χ3v) is 7.75. The number of benzene rings is 1. The minimum Gasteiger partial charge on any atom is -0.482 e. The number of esters is 3. The lowest BCUT2D eigenvalue weighted by molar-refractivity contribution is -0.145. The lowest BCUT2D eigenvalue weighted by Crippen LogP contribution is -2.29. The van der Waals surface area contributed by atoms with Crippen molar-refractivity contribution in [2.45, 2.75) is 76.9 Å². The maximum absolute atomic E-state index is 12.5. The molecule has 0 aromatic heterocycles. The SMILES string of the molecule is CCCCC[C@H]1CC[C@@H]2[C@H]3Cc4cccc(OCC(=O)OC)c4C[C@H]3C[C@H]2OC(=O)C=CC(=O)O1. The van der Waals surface area contributed by atoms with Crippen LogP contribution in [0.3, 0.4) is 0 Å². The lowest BCUT2D eigenvalue weighted by Gasteiger charge is -2.33. The Kier molecular flexibility index (Phi) is 8.47. The number of hydrogen-bond donors (Lipinski definition) is 0. The van der Waals surface area contributed by atoms with Gasteiger partial charge in [-0.25, -0.2) is 14.4 Å². The lowest BCUT2D eigenvalue weighted by atomic mass is 9.73. The van der Waals surface area contributed by atoms with Crippen LogP contribution >= 0.6 is 0 Å². The second kappa shape index (κ2) is 11.7. The Labute approximate surface area is 207 Å². The highest BCUT2D eigenvalue weighted by atomic mass is 16.6. The second-order valence-corrected chi connectivity index (χ2v) is 9.93. The molecule has 190 valence electrons. The van der Waals surface area contributed by atoms with Crippen LogP contribution < -0.4 is 4.74 Å². The van der Waals surface area contributed by atoms with Crippen molar-refractivity contribution in [1.82, 2.24) is 0 Å². The van der Waals surface area contributed by atoms with Gasteiger partial charge >= 0.3 is 17.9 Å². The largest absolute Gasteiger partial charge is 0.482 e. The molecule has 0 amide bonds. The number of methoxy groups -OCH3 is 1. The molecule has 1 saturated carbocycles. The Morgan fingerprint density at radius 3 is 2.60 bits per heavy atom. The third-order valence-electron chi connectivity index (χ3n) is 7.75. The predicted molar refractivity (Wildman–Crippen MR) is 129 cm³/mol. The highest BCUT2D eigenvalue weighted by Crippen LogP contribution is 2.49. The van der Waals surface area contributed by atoms with Crippen LogP contribution in [0.4, 0.5) is 0 Å². The first kappa shape index (κ1) is 25.3. The highest BCUT2D eigenvalue weighted by molar-refractivity contribution is 5.91. The predicted octanol–water partition coefficient (Wildman–Crippen LogP) is 4.34. The van der Waals surface area contributed by atoms with Gasteiger partial charge in [0.25, 0.3) is 0 Å². The Morgan fingerprint density at radius 1 is 1.03 bits per heavy atom. The van der Waals surface area contributed by atoms with Gasteiger partial charge in [0.15, 0.2) is 6.61 Å². The first-order valence-electron chi connectivity index (χ1n) is 12.9. The van der Waals surface area contributed by atoms with E-state index >= 15 is 0 Å². The van der Waals surface area contributed by atoms with Gasteiger partial charge in [0.05, 0.1) is 7.11 Å². The number of rotatable bonds is 7. The Bertz CT molecular complexity index is 953. The molecule has 1 heterocycles. The zero-order valence-corrected chi connectivity index (χ0v) is 20.7. The van der Waals surface area contributed by atoms with Crippen LogP contribution in [0.2, 0.25) is 0 Å². The number of ether oxygens (including phenoxy) is 4. The van der Waals surface area contributed by atoms with Crippen molar-refractivity contribution < 1.29 is 33.3 Å². The monoisotopic (exact) mass is 484 g/mol. The van der Waals surface area contributed by atoms with E-state index in [9.17, 15) is 14.4 Å². The van der Waals surface area contributed by atoms with Gasteiger partial charge < -0.3 is 18.9 Å².